The van der Waals surface area contributed by atoms with E-state index in [1.807, 2.05) is 36.4 Å². The first-order chi connectivity index (χ1) is 17.0. The van der Waals surface area contributed by atoms with Crippen molar-refractivity contribution in [2.45, 2.75) is 11.7 Å². The number of carbonyl (C=O) groups is 1. The Balaban J connectivity index is 1.58. The second kappa shape index (κ2) is 11.0. The minimum atomic E-state index is -0.253. The van der Waals surface area contributed by atoms with Gasteiger partial charge in [0.2, 0.25) is 5.91 Å². The van der Waals surface area contributed by atoms with E-state index in [-0.39, 0.29) is 17.2 Å². The SMILES string of the molecule is COc1ccc(Cn2c(SCC(=O)Nc3ccc(OC)cc3OC)nc3ccccc3c2=O)cc1. The van der Waals surface area contributed by atoms with Gasteiger partial charge in [0.15, 0.2) is 5.16 Å². The van der Waals surface area contributed by atoms with Crippen molar-refractivity contribution in [2.24, 2.45) is 0 Å². The number of thioether (sulfide) groups is 1. The summed E-state index contributed by atoms with van der Waals surface area (Å²) >= 11 is 1.20. The molecule has 35 heavy (non-hydrogen) atoms. The molecule has 180 valence electrons. The Kier molecular flexibility index (Phi) is 7.57. The van der Waals surface area contributed by atoms with Gasteiger partial charge in [-0.2, -0.15) is 0 Å². The van der Waals surface area contributed by atoms with E-state index in [0.29, 0.717) is 39.8 Å². The molecule has 0 unspecified atom stereocenters. The van der Waals surface area contributed by atoms with Crippen LogP contribution in [0, 0.1) is 0 Å². The lowest BCUT2D eigenvalue weighted by molar-refractivity contribution is -0.113. The lowest BCUT2D eigenvalue weighted by atomic mass is 10.2. The summed E-state index contributed by atoms with van der Waals surface area (Å²) in [5.74, 6) is 1.65. The molecule has 1 N–H and O–H groups in total. The van der Waals surface area contributed by atoms with E-state index in [0.717, 1.165) is 11.3 Å². The second-order valence-corrected chi connectivity index (χ2v) is 8.50. The van der Waals surface area contributed by atoms with Gasteiger partial charge >= 0.3 is 0 Å². The van der Waals surface area contributed by atoms with Crippen molar-refractivity contribution in [3.8, 4) is 17.2 Å². The van der Waals surface area contributed by atoms with Crippen LogP contribution < -0.4 is 25.1 Å². The summed E-state index contributed by atoms with van der Waals surface area (Å²) in [4.78, 5) is 30.7. The Morgan fingerprint density at radius 2 is 1.66 bits per heavy atom. The monoisotopic (exact) mass is 491 g/mol. The quantitative estimate of drug-likeness (QED) is 0.277. The number of hydrogen-bond acceptors (Lipinski definition) is 7. The maximum absolute atomic E-state index is 13.3. The number of nitrogens with zero attached hydrogens (tertiary/aromatic N) is 2. The van der Waals surface area contributed by atoms with Crippen molar-refractivity contribution < 1.29 is 19.0 Å². The first-order valence-corrected chi connectivity index (χ1v) is 11.8. The smallest absolute Gasteiger partial charge is 0.262 e. The van der Waals surface area contributed by atoms with E-state index < -0.39 is 0 Å². The minimum absolute atomic E-state index is 0.0581. The number of amides is 1. The number of rotatable bonds is 9. The topological polar surface area (TPSA) is 91.7 Å². The molecule has 0 radical (unpaired) electrons. The molecule has 0 aliphatic heterocycles. The molecule has 1 heterocycles. The van der Waals surface area contributed by atoms with Gasteiger partial charge in [-0.25, -0.2) is 4.98 Å². The van der Waals surface area contributed by atoms with Crippen molar-refractivity contribution in [3.63, 3.8) is 0 Å². The summed E-state index contributed by atoms with van der Waals surface area (Å²) in [5.41, 5.74) is 1.87. The molecule has 0 aliphatic carbocycles. The number of carbonyl (C=O) groups excluding carboxylic acids is 1. The summed E-state index contributed by atoms with van der Waals surface area (Å²) in [7, 11) is 4.69. The van der Waals surface area contributed by atoms with Crippen molar-refractivity contribution in [1.29, 1.82) is 0 Å². The van der Waals surface area contributed by atoms with Gasteiger partial charge in [-0.05, 0) is 42.0 Å². The van der Waals surface area contributed by atoms with E-state index in [1.54, 1.807) is 49.1 Å². The van der Waals surface area contributed by atoms with Crippen molar-refractivity contribution in [1.82, 2.24) is 9.55 Å². The zero-order valence-corrected chi connectivity index (χ0v) is 20.4. The third-order valence-corrected chi connectivity index (χ3v) is 6.32. The van der Waals surface area contributed by atoms with Crippen molar-refractivity contribution in [3.05, 3.63) is 82.6 Å². The molecule has 0 fully saturated rings. The summed E-state index contributed by atoms with van der Waals surface area (Å²) in [6, 6.07) is 19.8. The highest BCUT2D eigenvalue weighted by atomic mass is 32.2. The molecular weight excluding hydrogens is 466 g/mol. The molecule has 0 atom stereocenters. The Hall–Kier alpha value is -3.98. The average molecular weight is 492 g/mol. The molecule has 3 aromatic carbocycles. The fraction of sp³-hybridized carbons (Fsp3) is 0.192. The van der Waals surface area contributed by atoms with E-state index in [1.165, 1.54) is 18.9 Å². The molecule has 0 aliphatic rings. The van der Waals surface area contributed by atoms with Gasteiger partial charge < -0.3 is 19.5 Å². The van der Waals surface area contributed by atoms with E-state index in [4.69, 9.17) is 14.2 Å². The van der Waals surface area contributed by atoms with Gasteiger partial charge in [-0.1, -0.05) is 36.0 Å². The molecule has 4 rings (SSSR count). The Morgan fingerprint density at radius 3 is 2.37 bits per heavy atom. The highest BCUT2D eigenvalue weighted by Gasteiger charge is 2.15. The van der Waals surface area contributed by atoms with Gasteiger partial charge in [0.05, 0.1) is 50.2 Å². The zero-order chi connectivity index (χ0) is 24.8. The second-order valence-electron chi connectivity index (χ2n) is 7.55. The number of aromatic nitrogens is 2. The van der Waals surface area contributed by atoms with Crippen LogP contribution in [0.2, 0.25) is 0 Å². The number of para-hydroxylation sites is 1. The van der Waals surface area contributed by atoms with E-state index in [2.05, 4.69) is 10.3 Å². The van der Waals surface area contributed by atoms with Crippen LogP contribution in [0.3, 0.4) is 0 Å². The van der Waals surface area contributed by atoms with E-state index >= 15 is 0 Å². The molecule has 1 amide bonds. The lowest BCUT2D eigenvalue weighted by Gasteiger charge is -2.14. The highest BCUT2D eigenvalue weighted by molar-refractivity contribution is 7.99. The van der Waals surface area contributed by atoms with Crippen LogP contribution in [0.15, 0.2) is 76.7 Å². The third kappa shape index (κ3) is 5.58. The first kappa shape index (κ1) is 24.2. The van der Waals surface area contributed by atoms with Gasteiger partial charge in [0.25, 0.3) is 5.56 Å². The zero-order valence-electron chi connectivity index (χ0n) is 19.6. The predicted molar refractivity (Wildman–Crippen MR) is 137 cm³/mol. The summed E-state index contributed by atoms with van der Waals surface area (Å²) in [5, 5.41) is 3.83. The molecule has 1 aromatic heterocycles. The van der Waals surface area contributed by atoms with E-state index in [9.17, 15) is 9.59 Å². The average Bonchev–Trinajstić information content (AvgIpc) is 2.90. The normalized spacial score (nSPS) is 10.7. The summed E-state index contributed by atoms with van der Waals surface area (Å²) in [6.45, 7) is 0.316. The van der Waals surface area contributed by atoms with Crippen LogP contribution in [0.5, 0.6) is 17.2 Å². The molecule has 4 aromatic rings. The Bertz CT molecular complexity index is 1400. The minimum Gasteiger partial charge on any atom is -0.497 e. The van der Waals surface area contributed by atoms with Gasteiger partial charge in [-0.15, -0.1) is 0 Å². The van der Waals surface area contributed by atoms with Crippen LogP contribution in [-0.4, -0.2) is 42.5 Å². The molecule has 0 saturated heterocycles. The van der Waals surface area contributed by atoms with Crippen LogP contribution in [0.1, 0.15) is 5.56 Å². The Morgan fingerprint density at radius 1 is 0.943 bits per heavy atom. The molecule has 9 heteroatoms. The number of fused-ring (bicyclic) bond motifs is 1. The Labute approximate surface area is 206 Å². The molecule has 0 spiro atoms. The summed E-state index contributed by atoms with van der Waals surface area (Å²) < 4.78 is 17.4. The van der Waals surface area contributed by atoms with Gasteiger partial charge in [-0.3, -0.25) is 14.2 Å². The highest BCUT2D eigenvalue weighted by Crippen LogP contribution is 2.29. The van der Waals surface area contributed by atoms with Crippen LogP contribution in [0.25, 0.3) is 10.9 Å². The van der Waals surface area contributed by atoms with Gasteiger partial charge in [0.1, 0.15) is 17.2 Å². The first-order valence-electron chi connectivity index (χ1n) is 10.8. The van der Waals surface area contributed by atoms with Crippen LogP contribution >= 0.6 is 11.8 Å². The number of hydrogen-bond donors (Lipinski definition) is 1. The predicted octanol–water partition coefficient (Wildman–Crippen LogP) is 4.20. The number of nitrogens with one attached hydrogen (secondary N) is 1. The standard InChI is InChI=1S/C26H25N3O5S/c1-32-18-10-8-17(9-11-18)15-29-25(31)20-6-4-5-7-21(20)28-26(29)35-16-24(30)27-22-13-12-19(33-2)14-23(22)34-3/h4-14H,15-16H2,1-3H3,(H,27,30). The maximum Gasteiger partial charge on any atom is 0.262 e. The van der Waals surface area contributed by atoms with Crippen molar-refractivity contribution >= 4 is 34.3 Å². The van der Waals surface area contributed by atoms with Crippen LogP contribution in [-0.2, 0) is 11.3 Å². The molecular formula is C26H25N3O5S. The third-order valence-electron chi connectivity index (χ3n) is 5.34. The van der Waals surface area contributed by atoms with Crippen LogP contribution in [0.4, 0.5) is 5.69 Å². The molecule has 8 nitrogen and oxygen atoms in total. The molecule has 0 bridgehead atoms. The number of ether oxygens (including phenoxy) is 3. The lowest BCUT2D eigenvalue weighted by Crippen LogP contribution is -2.25. The number of benzene rings is 3. The largest absolute Gasteiger partial charge is 0.497 e. The fourth-order valence-electron chi connectivity index (χ4n) is 3.53. The fourth-order valence-corrected chi connectivity index (χ4v) is 4.33. The molecule has 0 saturated carbocycles. The maximum atomic E-state index is 13.3. The number of methoxy groups -OCH3 is 3. The number of anilines is 1. The van der Waals surface area contributed by atoms with Gasteiger partial charge in [0, 0.05) is 6.07 Å². The summed E-state index contributed by atoms with van der Waals surface area (Å²) in [6.07, 6.45) is 0. The van der Waals surface area contributed by atoms with Crippen molar-refractivity contribution in [2.75, 3.05) is 32.4 Å².